The van der Waals surface area contributed by atoms with Gasteiger partial charge in [0.1, 0.15) is 16.6 Å². The van der Waals surface area contributed by atoms with Crippen LogP contribution < -0.4 is 0 Å². The number of aromatic carboxylic acids is 1. The molecule has 31 heavy (non-hydrogen) atoms. The van der Waals surface area contributed by atoms with Gasteiger partial charge in [0.25, 0.3) is 5.69 Å². The highest BCUT2D eigenvalue weighted by Gasteiger charge is 2.21. The largest absolute Gasteiger partial charge is 0.478 e. The van der Waals surface area contributed by atoms with Crippen LogP contribution in [-0.4, -0.2) is 21.0 Å². The van der Waals surface area contributed by atoms with Gasteiger partial charge in [0.2, 0.25) is 0 Å². The van der Waals surface area contributed by atoms with Crippen LogP contribution in [0.2, 0.25) is 0 Å². The van der Waals surface area contributed by atoms with Gasteiger partial charge in [-0.15, -0.1) is 11.3 Å². The predicted octanol–water partition coefficient (Wildman–Crippen LogP) is 6.03. The summed E-state index contributed by atoms with van der Waals surface area (Å²) in [6, 6.07) is 13.4. The minimum atomic E-state index is -1.25. The minimum Gasteiger partial charge on any atom is -0.478 e. The zero-order chi connectivity index (χ0) is 22.1. The standard InChI is InChI=1S/C22H12F2N2O4S/c23-14-7-13(8-15(24)10-14)19-11-31-21(25-19)12-5-6-16(18(9-12)22(27)28)17-3-1-2-4-20(17)26(29)30/h1-11H,(H,27,28). The number of para-hydroxylation sites is 1. The first-order valence-electron chi connectivity index (χ1n) is 8.87. The van der Waals surface area contributed by atoms with Crippen LogP contribution >= 0.6 is 11.3 Å². The summed E-state index contributed by atoms with van der Waals surface area (Å²) >= 11 is 1.18. The number of thiazole rings is 1. The van der Waals surface area contributed by atoms with Gasteiger partial charge in [-0.1, -0.05) is 24.3 Å². The zero-order valence-electron chi connectivity index (χ0n) is 15.6. The normalized spacial score (nSPS) is 10.8. The Kier molecular flexibility index (Phi) is 5.26. The SMILES string of the molecule is O=C(O)c1cc(-c2nc(-c3cc(F)cc(F)c3)cs2)ccc1-c1ccccc1[N+](=O)[O-]. The molecule has 0 spiro atoms. The molecular formula is C22H12F2N2O4S. The fourth-order valence-electron chi connectivity index (χ4n) is 3.19. The molecule has 0 saturated heterocycles. The van der Waals surface area contributed by atoms with Gasteiger partial charge >= 0.3 is 5.97 Å². The average molecular weight is 438 g/mol. The quantitative estimate of drug-likeness (QED) is 0.303. The smallest absolute Gasteiger partial charge is 0.336 e. The fraction of sp³-hybridized carbons (Fsp3) is 0. The summed E-state index contributed by atoms with van der Waals surface area (Å²) in [5.41, 5.74) is 1.13. The molecule has 0 bridgehead atoms. The zero-order valence-corrected chi connectivity index (χ0v) is 16.4. The van der Waals surface area contributed by atoms with Crippen LogP contribution in [0.25, 0.3) is 33.0 Å². The number of carboxylic acid groups (broad SMARTS) is 1. The van der Waals surface area contributed by atoms with E-state index in [2.05, 4.69) is 4.98 Å². The van der Waals surface area contributed by atoms with E-state index in [1.165, 1.54) is 41.7 Å². The molecule has 1 aromatic heterocycles. The number of carboxylic acids is 1. The summed E-state index contributed by atoms with van der Waals surface area (Å²) in [5, 5.41) is 23.1. The molecule has 0 saturated carbocycles. The van der Waals surface area contributed by atoms with Gasteiger partial charge in [0.05, 0.1) is 21.7 Å². The lowest BCUT2D eigenvalue weighted by atomic mass is 9.96. The number of benzene rings is 3. The Morgan fingerprint density at radius 3 is 2.35 bits per heavy atom. The second kappa shape index (κ2) is 8.04. The molecule has 3 aromatic carbocycles. The van der Waals surface area contributed by atoms with Crippen molar-refractivity contribution >= 4 is 23.0 Å². The number of nitrogens with zero attached hydrogens (tertiary/aromatic N) is 2. The lowest BCUT2D eigenvalue weighted by Gasteiger charge is -2.09. The number of carbonyl (C=O) groups is 1. The summed E-state index contributed by atoms with van der Waals surface area (Å²) in [6.45, 7) is 0. The summed E-state index contributed by atoms with van der Waals surface area (Å²) in [6.07, 6.45) is 0. The van der Waals surface area contributed by atoms with Crippen molar-refractivity contribution < 1.29 is 23.6 Å². The molecule has 0 radical (unpaired) electrons. The summed E-state index contributed by atoms with van der Waals surface area (Å²) in [5.74, 6) is -2.71. The third kappa shape index (κ3) is 4.03. The van der Waals surface area contributed by atoms with Gasteiger partial charge in [0.15, 0.2) is 0 Å². The van der Waals surface area contributed by atoms with Crippen LogP contribution in [0.1, 0.15) is 10.4 Å². The Bertz CT molecular complexity index is 1320. The summed E-state index contributed by atoms with van der Waals surface area (Å²) < 4.78 is 27.0. The van der Waals surface area contributed by atoms with Gasteiger partial charge < -0.3 is 5.11 Å². The highest BCUT2D eigenvalue weighted by molar-refractivity contribution is 7.13. The first-order valence-corrected chi connectivity index (χ1v) is 9.75. The fourth-order valence-corrected chi connectivity index (χ4v) is 4.02. The van der Waals surface area contributed by atoms with Crippen LogP contribution in [-0.2, 0) is 0 Å². The first kappa shape index (κ1) is 20.3. The molecule has 0 unspecified atom stereocenters. The number of nitro groups is 1. The lowest BCUT2D eigenvalue weighted by Crippen LogP contribution is -2.02. The second-order valence-corrected chi connectivity index (χ2v) is 7.39. The van der Waals surface area contributed by atoms with Gasteiger partial charge in [-0.3, -0.25) is 10.1 Å². The lowest BCUT2D eigenvalue weighted by molar-refractivity contribution is -0.384. The molecule has 0 fully saturated rings. The van der Waals surface area contributed by atoms with E-state index in [-0.39, 0.29) is 27.9 Å². The van der Waals surface area contributed by atoms with Crippen LogP contribution in [0, 0.1) is 21.7 Å². The van der Waals surface area contributed by atoms with E-state index in [0.717, 1.165) is 18.2 Å². The third-order valence-corrected chi connectivity index (χ3v) is 5.44. The van der Waals surface area contributed by atoms with E-state index in [4.69, 9.17) is 0 Å². The third-order valence-electron chi connectivity index (χ3n) is 4.55. The number of halogens is 2. The number of rotatable bonds is 5. The highest BCUT2D eigenvalue weighted by Crippen LogP contribution is 2.36. The van der Waals surface area contributed by atoms with Crippen molar-refractivity contribution in [2.24, 2.45) is 0 Å². The minimum absolute atomic E-state index is 0.125. The molecule has 0 aliphatic rings. The molecule has 0 atom stereocenters. The van der Waals surface area contributed by atoms with Crippen molar-refractivity contribution in [3.8, 4) is 33.0 Å². The predicted molar refractivity (Wildman–Crippen MR) is 112 cm³/mol. The molecule has 1 heterocycles. The number of nitro benzene ring substituents is 1. The van der Waals surface area contributed by atoms with E-state index in [0.29, 0.717) is 16.3 Å². The molecule has 4 aromatic rings. The van der Waals surface area contributed by atoms with Crippen LogP contribution in [0.15, 0.2) is 66.0 Å². The van der Waals surface area contributed by atoms with Crippen LogP contribution in [0.5, 0.6) is 0 Å². The summed E-state index contributed by atoms with van der Waals surface area (Å²) in [7, 11) is 0. The Morgan fingerprint density at radius 1 is 0.968 bits per heavy atom. The van der Waals surface area contributed by atoms with Crippen molar-refractivity contribution in [3.05, 3.63) is 93.4 Å². The van der Waals surface area contributed by atoms with Crippen molar-refractivity contribution in [3.63, 3.8) is 0 Å². The number of hydrogen-bond acceptors (Lipinski definition) is 5. The molecule has 1 N–H and O–H groups in total. The molecule has 154 valence electrons. The maximum Gasteiger partial charge on any atom is 0.336 e. The topological polar surface area (TPSA) is 93.3 Å². The maximum atomic E-state index is 13.5. The number of hydrogen-bond donors (Lipinski definition) is 1. The molecule has 6 nitrogen and oxygen atoms in total. The summed E-state index contributed by atoms with van der Waals surface area (Å²) in [4.78, 5) is 27.0. The van der Waals surface area contributed by atoms with Crippen LogP contribution in [0.4, 0.5) is 14.5 Å². The van der Waals surface area contributed by atoms with Crippen molar-refractivity contribution in [1.82, 2.24) is 4.98 Å². The van der Waals surface area contributed by atoms with Gasteiger partial charge in [-0.25, -0.2) is 18.6 Å². The second-order valence-electron chi connectivity index (χ2n) is 6.54. The van der Waals surface area contributed by atoms with Crippen LogP contribution in [0.3, 0.4) is 0 Å². The molecular weight excluding hydrogens is 426 g/mol. The molecule has 0 aliphatic heterocycles. The average Bonchev–Trinajstić information content (AvgIpc) is 3.23. The van der Waals surface area contributed by atoms with E-state index in [1.54, 1.807) is 17.5 Å². The molecule has 9 heteroatoms. The molecule has 0 amide bonds. The maximum absolute atomic E-state index is 13.5. The first-order chi connectivity index (χ1) is 14.8. The van der Waals surface area contributed by atoms with E-state index in [9.17, 15) is 28.8 Å². The Balaban J connectivity index is 1.79. The highest BCUT2D eigenvalue weighted by atomic mass is 32.1. The van der Waals surface area contributed by atoms with E-state index < -0.39 is 22.5 Å². The van der Waals surface area contributed by atoms with Gasteiger partial charge in [-0.2, -0.15) is 0 Å². The number of aromatic nitrogens is 1. The van der Waals surface area contributed by atoms with Gasteiger partial charge in [-0.05, 0) is 24.3 Å². The van der Waals surface area contributed by atoms with Crippen molar-refractivity contribution in [1.29, 1.82) is 0 Å². The Hall–Kier alpha value is -3.98. The van der Waals surface area contributed by atoms with Crippen molar-refractivity contribution in [2.45, 2.75) is 0 Å². The van der Waals surface area contributed by atoms with E-state index >= 15 is 0 Å². The van der Waals surface area contributed by atoms with E-state index in [1.807, 2.05) is 0 Å². The van der Waals surface area contributed by atoms with Crippen molar-refractivity contribution in [2.75, 3.05) is 0 Å². The monoisotopic (exact) mass is 438 g/mol. The molecule has 0 aliphatic carbocycles. The Morgan fingerprint density at radius 2 is 1.68 bits per heavy atom. The Labute approximate surface area is 178 Å². The molecule has 4 rings (SSSR count). The van der Waals surface area contributed by atoms with Gasteiger partial charge in [0, 0.05) is 34.2 Å².